The van der Waals surface area contributed by atoms with Crippen molar-refractivity contribution >= 4 is 23.3 Å². The number of hydrogen-bond donors (Lipinski definition) is 1. The zero-order valence-electron chi connectivity index (χ0n) is 16.0. The van der Waals surface area contributed by atoms with E-state index in [2.05, 4.69) is 5.32 Å². The van der Waals surface area contributed by atoms with Gasteiger partial charge in [-0.15, -0.1) is 0 Å². The van der Waals surface area contributed by atoms with Crippen LogP contribution in [0.2, 0.25) is 0 Å². The molecule has 0 aromatic heterocycles. The number of nitro benzene ring substituents is 1. The van der Waals surface area contributed by atoms with Gasteiger partial charge in [0.05, 0.1) is 30.4 Å². The zero-order valence-corrected chi connectivity index (χ0v) is 16.0. The topological polar surface area (TPSA) is 117 Å². The van der Waals surface area contributed by atoms with Crippen LogP contribution in [0.3, 0.4) is 0 Å². The molecular formula is C19H19FN2O7. The molecule has 0 unspecified atom stereocenters. The van der Waals surface area contributed by atoms with Gasteiger partial charge in [0.15, 0.2) is 18.1 Å². The fraction of sp³-hybridized carbons (Fsp3) is 0.263. The highest BCUT2D eigenvalue weighted by molar-refractivity contribution is 5.98. The minimum Gasteiger partial charge on any atom is -0.493 e. The van der Waals surface area contributed by atoms with Crippen molar-refractivity contribution in [1.82, 2.24) is 0 Å². The van der Waals surface area contributed by atoms with Crippen LogP contribution in [0.25, 0.3) is 0 Å². The van der Waals surface area contributed by atoms with E-state index in [1.807, 2.05) is 0 Å². The lowest BCUT2D eigenvalue weighted by Gasteiger charge is -2.12. The van der Waals surface area contributed by atoms with Gasteiger partial charge in [0.1, 0.15) is 11.4 Å². The predicted octanol–water partition coefficient (Wildman–Crippen LogP) is 3.25. The van der Waals surface area contributed by atoms with Gasteiger partial charge in [0.25, 0.3) is 11.6 Å². The van der Waals surface area contributed by atoms with Gasteiger partial charge in [0.2, 0.25) is 0 Å². The van der Waals surface area contributed by atoms with E-state index in [4.69, 9.17) is 14.2 Å². The molecule has 0 saturated heterocycles. The third kappa shape index (κ3) is 5.41. The average Bonchev–Trinajstić information content (AvgIpc) is 2.68. The summed E-state index contributed by atoms with van der Waals surface area (Å²) in [5.41, 5.74) is -0.386. The van der Waals surface area contributed by atoms with Gasteiger partial charge in [-0.1, -0.05) is 6.07 Å². The number of esters is 1. The van der Waals surface area contributed by atoms with E-state index in [0.29, 0.717) is 5.56 Å². The smallest absolute Gasteiger partial charge is 0.345 e. The molecule has 154 valence electrons. The predicted molar refractivity (Wildman–Crippen MR) is 101 cm³/mol. The molecule has 0 fully saturated rings. The van der Waals surface area contributed by atoms with E-state index in [1.165, 1.54) is 19.2 Å². The van der Waals surface area contributed by atoms with Gasteiger partial charge in [-0.3, -0.25) is 14.9 Å². The van der Waals surface area contributed by atoms with Crippen LogP contribution >= 0.6 is 0 Å². The first-order chi connectivity index (χ1) is 13.8. The highest BCUT2D eigenvalue weighted by atomic mass is 19.1. The SMILES string of the molecule is CCOc1cc([N+](=O)[O-])c(C(=O)OCC(=O)Nc2ccc(C)cc2F)cc1OC. The molecule has 0 saturated carbocycles. The molecule has 9 nitrogen and oxygen atoms in total. The number of rotatable bonds is 8. The molecule has 0 heterocycles. The molecule has 2 rings (SSSR count). The van der Waals surface area contributed by atoms with Gasteiger partial charge in [-0.25, -0.2) is 9.18 Å². The van der Waals surface area contributed by atoms with Crippen molar-refractivity contribution in [2.75, 3.05) is 25.6 Å². The van der Waals surface area contributed by atoms with E-state index < -0.39 is 40.5 Å². The number of nitrogens with one attached hydrogen (secondary N) is 1. The lowest BCUT2D eigenvalue weighted by Crippen LogP contribution is -2.22. The average molecular weight is 406 g/mol. The quantitative estimate of drug-likeness (QED) is 0.406. The Bertz CT molecular complexity index is 946. The number of aryl methyl sites for hydroxylation is 1. The molecule has 1 amide bonds. The minimum atomic E-state index is -1.11. The Balaban J connectivity index is 2.15. The van der Waals surface area contributed by atoms with E-state index >= 15 is 0 Å². The maximum atomic E-state index is 13.8. The fourth-order valence-electron chi connectivity index (χ4n) is 2.41. The first-order valence-electron chi connectivity index (χ1n) is 8.49. The lowest BCUT2D eigenvalue weighted by molar-refractivity contribution is -0.385. The third-order valence-electron chi connectivity index (χ3n) is 3.73. The van der Waals surface area contributed by atoms with Crippen molar-refractivity contribution in [3.05, 3.63) is 57.4 Å². The highest BCUT2D eigenvalue weighted by Crippen LogP contribution is 2.35. The molecule has 0 aliphatic carbocycles. The van der Waals surface area contributed by atoms with Crippen LogP contribution in [0.4, 0.5) is 15.8 Å². The summed E-state index contributed by atoms with van der Waals surface area (Å²) in [5, 5.41) is 13.6. The van der Waals surface area contributed by atoms with Crippen LogP contribution in [0.5, 0.6) is 11.5 Å². The first-order valence-corrected chi connectivity index (χ1v) is 8.49. The standard InChI is InChI=1S/C19H19FN2O7/c1-4-28-17-9-15(22(25)26)12(8-16(17)27-3)19(24)29-10-18(23)21-14-6-5-11(2)7-13(14)20/h5-9H,4,10H2,1-3H3,(H,21,23). The van der Waals surface area contributed by atoms with Crippen molar-refractivity contribution < 1.29 is 33.1 Å². The molecular weight excluding hydrogens is 387 g/mol. The molecule has 29 heavy (non-hydrogen) atoms. The third-order valence-corrected chi connectivity index (χ3v) is 3.73. The van der Waals surface area contributed by atoms with Crippen LogP contribution in [0, 0.1) is 22.9 Å². The molecule has 0 bridgehead atoms. The number of hydrogen-bond acceptors (Lipinski definition) is 7. The van der Waals surface area contributed by atoms with Gasteiger partial charge in [0, 0.05) is 6.07 Å². The second-order valence-electron chi connectivity index (χ2n) is 5.82. The Hall–Kier alpha value is -3.69. The van der Waals surface area contributed by atoms with Crippen LogP contribution < -0.4 is 14.8 Å². The highest BCUT2D eigenvalue weighted by Gasteiger charge is 2.26. The van der Waals surface area contributed by atoms with E-state index in [1.54, 1.807) is 19.9 Å². The number of carbonyl (C=O) groups excluding carboxylic acids is 2. The summed E-state index contributed by atoms with van der Waals surface area (Å²) in [6, 6.07) is 6.34. The number of benzene rings is 2. The number of carbonyl (C=O) groups is 2. The molecule has 2 aromatic carbocycles. The fourth-order valence-corrected chi connectivity index (χ4v) is 2.41. The van der Waals surface area contributed by atoms with Crippen molar-refractivity contribution in [2.24, 2.45) is 0 Å². The monoisotopic (exact) mass is 406 g/mol. The summed E-state index contributed by atoms with van der Waals surface area (Å²) < 4.78 is 28.9. The number of ether oxygens (including phenoxy) is 3. The summed E-state index contributed by atoms with van der Waals surface area (Å²) in [4.78, 5) is 34.8. The van der Waals surface area contributed by atoms with Gasteiger partial charge in [-0.2, -0.15) is 0 Å². The van der Waals surface area contributed by atoms with E-state index in [9.17, 15) is 24.1 Å². The van der Waals surface area contributed by atoms with Crippen LogP contribution in [-0.4, -0.2) is 37.1 Å². The Labute approximate surface area is 165 Å². The van der Waals surface area contributed by atoms with Crippen LogP contribution in [0.15, 0.2) is 30.3 Å². The number of nitro groups is 1. The summed E-state index contributed by atoms with van der Waals surface area (Å²) in [5.74, 6) is -2.38. The Morgan fingerprint density at radius 2 is 1.93 bits per heavy atom. The summed E-state index contributed by atoms with van der Waals surface area (Å²) >= 11 is 0. The Morgan fingerprint density at radius 1 is 1.21 bits per heavy atom. The van der Waals surface area contributed by atoms with Crippen LogP contribution in [0.1, 0.15) is 22.8 Å². The number of halogens is 1. The summed E-state index contributed by atoms with van der Waals surface area (Å²) in [6.45, 7) is 2.84. The molecule has 2 aromatic rings. The maximum Gasteiger partial charge on any atom is 0.345 e. The minimum absolute atomic E-state index is 0.0784. The van der Waals surface area contributed by atoms with Crippen LogP contribution in [-0.2, 0) is 9.53 Å². The van der Waals surface area contributed by atoms with Crippen molar-refractivity contribution in [1.29, 1.82) is 0 Å². The van der Waals surface area contributed by atoms with Gasteiger partial charge >= 0.3 is 5.97 Å². The summed E-state index contributed by atoms with van der Waals surface area (Å²) in [6.07, 6.45) is 0. The molecule has 1 N–H and O–H groups in total. The second-order valence-corrected chi connectivity index (χ2v) is 5.82. The van der Waals surface area contributed by atoms with Gasteiger partial charge in [-0.05, 0) is 31.5 Å². The zero-order chi connectivity index (χ0) is 21.6. The molecule has 10 heteroatoms. The van der Waals surface area contributed by atoms with Gasteiger partial charge < -0.3 is 19.5 Å². The molecule has 0 aliphatic rings. The van der Waals surface area contributed by atoms with E-state index in [0.717, 1.165) is 12.1 Å². The summed E-state index contributed by atoms with van der Waals surface area (Å²) in [7, 11) is 1.31. The molecule has 0 radical (unpaired) electrons. The Morgan fingerprint density at radius 3 is 2.52 bits per heavy atom. The molecule has 0 atom stereocenters. The second kappa shape index (κ2) is 9.49. The first kappa shape index (κ1) is 21.6. The molecule has 0 spiro atoms. The van der Waals surface area contributed by atoms with Crippen molar-refractivity contribution in [3.8, 4) is 11.5 Å². The number of anilines is 1. The maximum absolute atomic E-state index is 13.8. The normalized spacial score (nSPS) is 10.2. The molecule has 0 aliphatic heterocycles. The lowest BCUT2D eigenvalue weighted by atomic mass is 10.1. The van der Waals surface area contributed by atoms with E-state index in [-0.39, 0.29) is 23.8 Å². The van der Waals surface area contributed by atoms with Crippen molar-refractivity contribution in [3.63, 3.8) is 0 Å². The number of amides is 1. The number of methoxy groups -OCH3 is 1. The number of nitrogens with zero attached hydrogens (tertiary/aromatic N) is 1. The van der Waals surface area contributed by atoms with Crippen molar-refractivity contribution in [2.45, 2.75) is 13.8 Å². The largest absolute Gasteiger partial charge is 0.493 e. The Kier molecular flexibility index (Phi) is 7.07.